The van der Waals surface area contributed by atoms with Gasteiger partial charge in [0.05, 0.1) is 5.56 Å². The van der Waals surface area contributed by atoms with Gasteiger partial charge in [-0.05, 0) is 11.6 Å². The van der Waals surface area contributed by atoms with Crippen molar-refractivity contribution in [1.82, 2.24) is 4.57 Å². The summed E-state index contributed by atoms with van der Waals surface area (Å²) in [6.45, 7) is 0.329. The fourth-order valence-electron chi connectivity index (χ4n) is 1.72. The van der Waals surface area contributed by atoms with E-state index in [1.165, 1.54) is 10.8 Å². The van der Waals surface area contributed by atoms with Crippen LogP contribution in [-0.4, -0.2) is 26.7 Å². The summed E-state index contributed by atoms with van der Waals surface area (Å²) in [5.74, 6) is -2.28. The molecule has 0 atom stereocenters. The lowest BCUT2D eigenvalue weighted by Gasteiger charge is -2.05. The van der Waals surface area contributed by atoms with Crippen molar-refractivity contribution in [3.05, 3.63) is 59.4 Å². The summed E-state index contributed by atoms with van der Waals surface area (Å²) >= 11 is 0. The number of aromatic nitrogens is 1. The Kier molecular flexibility index (Phi) is 3.14. The van der Waals surface area contributed by atoms with E-state index in [4.69, 9.17) is 10.2 Å². The average Bonchev–Trinajstić information content (AvgIpc) is 2.74. The van der Waals surface area contributed by atoms with E-state index in [1.807, 2.05) is 30.3 Å². The van der Waals surface area contributed by atoms with Crippen LogP contribution in [0.4, 0.5) is 0 Å². The summed E-state index contributed by atoms with van der Waals surface area (Å²) in [6.07, 6.45) is 1.33. The minimum Gasteiger partial charge on any atom is -0.478 e. The normalized spacial score (nSPS) is 10.2. The van der Waals surface area contributed by atoms with E-state index in [0.29, 0.717) is 6.54 Å². The van der Waals surface area contributed by atoms with Gasteiger partial charge >= 0.3 is 11.9 Å². The van der Waals surface area contributed by atoms with Crippen LogP contribution in [0.3, 0.4) is 0 Å². The van der Waals surface area contributed by atoms with Crippen molar-refractivity contribution < 1.29 is 19.8 Å². The number of hydrogen-bond acceptors (Lipinski definition) is 2. The first-order valence-electron chi connectivity index (χ1n) is 5.28. The summed E-state index contributed by atoms with van der Waals surface area (Å²) in [5, 5.41) is 17.9. The summed E-state index contributed by atoms with van der Waals surface area (Å²) in [7, 11) is 0. The van der Waals surface area contributed by atoms with Gasteiger partial charge in [-0.2, -0.15) is 0 Å². The molecule has 2 N–H and O–H groups in total. The van der Waals surface area contributed by atoms with Gasteiger partial charge in [0.15, 0.2) is 0 Å². The molecule has 2 aromatic rings. The monoisotopic (exact) mass is 245 g/mol. The number of nitrogens with zero attached hydrogens (tertiary/aromatic N) is 1. The SMILES string of the molecule is O=C(O)c1cc(C(=O)O)n(Cc2ccccc2)c1. The Morgan fingerprint density at radius 2 is 1.72 bits per heavy atom. The molecule has 0 aliphatic rings. The molecule has 0 saturated carbocycles. The fraction of sp³-hybridized carbons (Fsp3) is 0.0769. The van der Waals surface area contributed by atoms with Gasteiger partial charge in [-0.1, -0.05) is 30.3 Å². The van der Waals surface area contributed by atoms with E-state index < -0.39 is 11.9 Å². The number of aromatic carboxylic acids is 2. The Morgan fingerprint density at radius 1 is 1.06 bits per heavy atom. The van der Waals surface area contributed by atoms with Crippen LogP contribution in [-0.2, 0) is 6.54 Å². The molecule has 18 heavy (non-hydrogen) atoms. The second-order valence-electron chi connectivity index (χ2n) is 3.84. The fourth-order valence-corrected chi connectivity index (χ4v) is 1.72. The lowest BCUT2D eigenvalue weighted by atomic mass is 10.2. The van der Waals surface area contributed by atoms with Crippen molar-refractivity contribution in [2.24, 2.45) is 0 Å². The molecule has 92 valence electrons. The largest absolute Gasteiger partial charge is 0.478 e. The van der Waals surface area contributed by atoms with E-state index in [-0.39, 0.29) is 11.3 Å². The summed E-state index contributed by atoms with van der Waals surface area (Å²) < 4.78 is 1.42. The molecule has 0 unspecified atom stereocenters. The molecule has 0 fully saturated rings. The van der Waals surface area contributed by atoms with Crippen LogP contribution in [0.2, 0.25) is 0 Å². The van der Waals surface area contributed by atoms with Crippen molar-refractivity contribution in [2.75, 3.05) is 0 Å². The molecule has 0 radical (unpaired) electrons. The topological polar surface area (TPSA) is 79.5 Å². The number of carbonyl (C=O) groups is 2. The highest BCUT2D eigenvalue weighted by atomic mass is 16.4. The smallest absolute Gasteiger partial charge is 0.352 e. The maximum atomic E-state index is 11.0. The number of carboxylic acid groups (broad SMARTS) is 2. The number of benzene rings is 1. The van der Waals surface area contributed by atoms with E-state index in [0.717, 1.165) is 11.6 Å². The van der Waals surface area contributed by atoms with E-state index in [9.17, 15) is 9.59 Å². The van der Waals surface area contributed by atoms with Gasteiger partial charge in [0.2, 0.25) is 0 Å². The van der Waals surface area contributed by atoms with Crippen LogP contribution >= 0.6 is 0 Å². The molecular formula is C13H11NO4. The zero-order valence-electron chi connectivity index (χ0n) is 9.41. The van der Waals surface area contributed by atoms with Crippen LogP contribution in [0.1, 0.15) is 26.4 Å². The quantitative estimate of drug-likeness (QED) is 0.862. The maximum absolute atomic E-state index is 11.0. The highest BCUT2D eigenvalue weighted by Crippen LogP contribution is 2.12. The van der Waals surface area contributed by atoms with Crippen LogP contribution in [0, 0.1) is 0 Å². The Hall–Kier alpha value is -2.56. The highest BCUT2D eigenvalue weighted by Gasteiger charge is 2.16. The minimum absolute atomic E-state index is 0.0247. The molecule has 1 aromatic heterocycles. The summed E-state index contributed by atoms with van der Waals surface area (Å²) in [5.41, 5.74) is 0.854. The molecule has 5 heteroatoms. The van der Waals surface area contributed by atoms with E-state index >= 15 is 0 Å². The molecule has 0 bridgehead atoms. The molecule has 0 spiro atoms. The number of hydrogen-bond donors (Lipinski definition) is 2. The van der Waals surface area contributed by atoms with Gasteiger partial charge in [-0.3, -0.25) is 0 Å². The molecular weight excluding hydrogens is 234 g/mol. The van der Waals surface area contributed by atoms with Gasteiger partial charge in [-0.25, -0.2) is 9.59 Å². The van der Waals surface area contributed by atoms with Gasteiger partial charge in [0.25, 0.3) is 0 Å². The van der Waals surface area contributed by atoms with Gasteiger partial charge in [-0.15, -0.1) is 0 Å². The Bertz CT molecular complexity index is 586. The number of rotatable bonds is 4. The van der Waals surface area contributed by atoms with Crippen LogP contribution in [0.25, 0.3) is 0 Å². The van der Waals surface area contributed by atoms with Crippen molar-refractivity contribution in [2.45, 2.75) is 6.54 Å². The average molecular weight is 245 g/mol. The van der Waals surface area contributed by atoms with Crippen molar-refractivity contribution in [3.8, 4) is 0 Å². The zero-order chi connectivity index (χ0) is 13.1. The van der Waals surface area contributed by atoms with Gasteiger partial charge in [0, 0.05) is 12.7 Å². The van der Waals surface area contributed by atoms with Crippen molar-refractivity contribution in [3.63, 3.8) is 0 Å². The Balaban J connectivity index is 2.37. The third-order valence-corrected chi connectivity index (χ3v) is 2.56. The minimum atomic E-state index is -1.14. The molecule has 1 aromatic carbocycles. The Morgan fingerprint density at radius 3 is 2.28 bits per heavy atom. The molecule has 0 aliphatic carbocycles. The van der Waals surface area contributed by atoms with Gasteiger partial charge in [0.1, 0.15) is 5.69 Å². The first-order chi connectivity index (χ1) is 8.58. The highest BCUT2D eigenvalue weighted by molar-refractivity contribution is 5.93. The zero-order valence-corrected chi connectivity index (χ0v) is 9.41. The third-order valence-electron chi connectivity index (χ3n) is 2.56. The third kappa shape index (κ3) is 2.40. The van der Waals surface area contributed by atoms with E-state index in [2.05, 4.69) is 0 Å². The molecule has 5 nitrogen and oxygen atoms in total. The van der Waals surface area contributed by atoms with E-state index in [1.54, 1.807) is 0 Å². The predicted octanol–water partition coefficient (Wildman–Crippen LogP) is 1.93. The molecule has 0 amide bonds. The Labute approximate surface area is 103 Å². The molecule has 0 saturated heterocycles. The second-order valence-corrected chi connectivity index (χ2v) is 3.84. The summed E-state index contributed by atoms with van der Waals surface area (Å²) in [6, 6.07) is 10.4. The first kappa shape index (κ1) is 11.9. The molecule has 1 heterocycles. The standard InChI is InChI=1S/C13H11NO4/c15-12(16)10-6-11(13(17)18)14(8-10)7-9-4-2-1-3-5-9/h1-6,8H,7H2,(H,15,16)(H,17,18). The van der Waals surface area contributed by atoms with Crippen LogP contribution in [0.15, 0.2) is 42.6 Å². The van der Waals surface area contributed by atoms with Crippen LogP contribution in [0.5, 0.6) is 0 Å². The van der Waals surface area contributed by atoms with Crippen molar-refractivity contribution >= 4 is 11.9 Å². The van der Waals surface area contributed by atoms with Crippen molar-refractivity contribution in [1.29, 1.82) is 0 Å². The molecule has 2 rings (SSSR count). The maximum Gasteiger partial charge on any atom is 0.352 e. The molecule has 0 aliphatic heterocycles. The predicted molar refractivity (Wildman–Crippen MR) is 63.9 cm³/mol. The summed E-state index contributed by atoms with van der Waals surface area (Å²) in [4.78, 5) is 21.9. The lowest BCUT2D eigenvalue weighted by molar-refractivity contribution is 0.0682. The number of carboxylic acids is 2. The lowest BCUT2D eigenvalue weighted by Crippen LogP contribution is -2.08. The second kappa shape index (κ2) is 4.75. The van der Waals surface area contributed by atoms with Crippen LogP contribution < -0.4 is 0 Å². The van der Waals surface area contributed by atoms with Gasteiger partial charge < -0.3 is 14.8 Å². The first-order valence-corrected chi connectivity index (χ1v) is 5.28.